The van der Waals surface area contributed by atoms with Crippen molar-refractivity contribution in [2.45, 2.75) is 25.4 Å². The number of carbonyl (C=O) groups excluding carboxylic acids is 1. The maximum atomic E-state index is 14.5. The molecular formula is C16H17FN4O2S. The zero-order chi connectivity index (χ0) is 16.7. The number of aromatic nitrogens is 2. The van der Waals surface area contributed by atoms with Gasteiger partial charge in [0.1, 0.15) is 15.7 Å². The fourth-order valence-electron chi connectivity index (χ4n) is 3.04. The molecule has 1 fully saturated rings. The largest absolute Gasteiger partial charge is 0.393 e. The summed E-state index contributed by atoms with van der Waals surface area (Å²) in [5.74, 6) is -0.149. The Morgan fingerprint density at radius 2 is 2.08 bits per heavy atom. The molecule has 0 spiro atoms. The van der Waals surface area contributed by atoms with Crippen LogP contribution in [0.15, 0.2) is 12.1 Å². The van der Waals surface area contributed by atoms with Crippen molar-refractivity contribution >= 4 is 23.1 Å². The van der Waals surface area contributed by atoms with Gasteiger partial charge in [-0.25, -0.2) is 9.97 Å². The van der Waals surface area contributed by atoms with E-state index in [9.17, 15) is 14.3 Å². The van der Waals surface area contributed by atoms with Gasteiger partial charge in [-0.15, -0.1) is 11.3 Å². The lowest BCUT2D eigenvalue weighted by Gasteiger charge is -2.30. The Bertz CT molecular complexity index is 786. The van der Waals surface area contributed by atoms with E-state index in [4.69, 9.17) is 0 Å². The lowest BCUT2D eigenvalue weighted by molar-refractivity contribution is 0.0950. The standard InChI is InChI=1S/C16H17FN4O2S/c17-14-10(16-19-11-3-6-18-15(23)13(11)24-16)1-2-12(20-14)21-7-4-9(22)5-8-21/h1-2,9,22H,3-8H2,(H,18,23). The topological polar surface area (TPSA) is 78.4 Å². The number of pyridine rings is 1. The minimum absolute atomic E-state index is 0.142. The minimum atomic E-state index is -0.579. The summed E-state index contributed by atoms with van der Waals surface area (Å²) in [5, 5.41) is 12.8. The van der Waals surface area contributed by atoms with Gasteiger partial charge in [-0.2, -0.15) is 4.39 Å². The number of carbonyl (C=O) groups is 1. The first-order valence-electron chi connectivity index (χ1n) is 7.99. The molecule has 2 aliphatic heterocycles. The van der Waals surface area contributed by atoms with Crippen molar-refractivity contribution in [1.82, 2.24) is 15.3 Å². The Kier molecular flexibility index (Phi) is 3.93. The van der Waals surface area contributed by atoms with Crippen molar-refractivity contribution in [2.24, 2.45) is 0 Å². The van der Waals surface area contributed by atoms with Gasteiger partial charge < -0.3 is 15.3 Å². The third-order valence-electron chi connectivity index (χ3n) is 4.40. The molecule has 0 unspecified atom stereocenters. The number of nitrogens with zero attached hydrogens (tertiary/aromatic N) is 3. The molecule has 0 aliphatic carbocycles. The molecule has 1 saturated heterocycles. The molecule has 2 aliphatic rings. The number of anilines is 1. The molecule has 24 heavy (non-hydrogen) atoms. The van der Waals surface area contributed by atoms with Crippen LogP contribution in [-0.4, -0.2) is 46.7 Å². The van der Waals surface area contributed by atoms with Gasteiger partial charge in [0.15, 0.2) is 0 Å². The lowest BCUT2D eigenvalue weighted by atomic mass is 10.1. The highest BCUT2D eigenvalue weighted by molar-refractivity contribution is 7.17. The molecule has 0 bridgehead atoms. The van der Waals surface area contributed by atoms with Gasteiger partial charge in [-0.1, -0.05) is 0 Å². The van der Waals surface area contributed by atoms with Gasteiger partial charge in [0.05, 0.1) is 17.4 Å². The summed E-state index contributed by atoms with van der Waals surface area (Å²) < 4.78 is 14.5. The van der Waals surface area contributed by atoms with E-state index in [1.807, 2.05) is 4.90 Å². The second kappa shape index (κ2) is 6.10. The van der Waals surface area contributed by atoms with Crippen LogP contribution in [-0.2, 0) is 6.42 Å². The summed E-state index contributed by atoms with van der Waals surface area (Å²) in [5.41, 5.74) is 1.05. The molecular weight excluding hydrogens is 331 g/mol. The Balaban J connectivity index is 1.62. The van der Waals surface area contributed by atoms with Crippen LogP contribution < -0.4 is 10.2 Å². The normalized spacial score (nSPS) is 18.4. The molecule has 2 aromatic heterocycles. The highest BCUT2D eigenvalue weighted by atomic mass is 32.1. The number of hydrogen-bond donors (Lipinski definition) is 2. The van der Waals surface area contributed by atoms with Crippen molar-refractivity contribution in [2.75, 3.05) is 24.5 Å². The number of piperidine rings is 1. The van der Waals surface area contributed by atoms with E-state index in [0.717, 1.165) is 5.69 Å². The maximum Gasteiger partial charge on any atom is 0.263 e. The molecule has 0 radical (unpaired) electrons. The second-order valence-corrected chi connectivity index (χ2v) is 7.03. The number of amides is 1. The highest BCUT2D eigenvalue weighted by Gasteiger charge is 2.24. The van der Waals surface area contributed by atoms with Crippen LogP contribution in [0.2, 0.25) is 0 Å². The number of halogens is 1. The molecule has 2 N–H and O–H groups in total. The minimum Gasteiger partial charge on any atom is -0.393 e. The van der Waals surface area contributed by atoms with Crippen LogP contribution in [0.25, 0.3) is 10.6 Å². The summed E-state index contributed by atoms with van der Waals surface area (Å²) in [4.78, 5) is 22.8. The van der Waals surface area contributed by atoms with Gasteiger partial charge in [0.25, 0.3) is 5.91 Å². The second-order valence-electron chi connectivity index (χ2n) is 6.03. The lowest BCUT2D eigenvalue weighted by Crippen LogP contribution is -2.36. The van der Waals surface area contributed by atoms with Gasteiger partial charge in [0.2, 0.25) is 5.95 Å². The van der Waals surface area contributed by atoms with Crippen LogP contribution in [0, 0.1) is 5.95 Å². The monoisotopic (exact) mass is 348 g/mol. The van der Waals surface area contributed by atoms with Crippen LogP contribution in [0.4, 0.5) is 10.2 Å². The number of hydrogen-bond acceptors (Lipinski definition) is 6. The molecule has 0 aromatic carbocycles. The molecule has 2 aromatic rings. The molecule has 4 heterocycles. The molecule has 1 amide bonds. The average molecular weight is 348 g/mol. The predicted molar refractivity (Wildman–Crippen MR) is 88.8 cm³/mol. The Morgan fingerprint density at radius 3 is 2.79 bits per heavy atom. The first-order chi connectivity index (χ1) is 11.6. The number of aliphatic hydroxyl groups excluding tert-OH is 1. The molecule has 4 rings (SSSR count). The van der Waals surface area contributed by atoms with E-state index in [0.29, 0.717) is 60.2 Å². The zero-order valence-corrected chi connectivity index (χ0v) is 13.8. The number of rotatable bonds is 2. The zero-order valence-electron chi connectivity index (χ0n) is 13.0. The van der Waals surface area contributed by atoms with Gasteiger partial charge in [-0.3, -0.25) is 4.79 Å². The number of nitrogens with one attached hydrogen (secondary N) is 1. The first-order valence-corrected chi connectivity index (χ1v) is 8.81. The third-order valence-corrected chi connectivity index (χ3v) is 5.53. The molecule has 0 atom stereocenters. The van der Waals surface area contributed by atoms with Crippen molar-refractivity contribution in [1.29, 1.82) is 0 Å². The molecule has 126 valence electrons. The quantitative estimate of drug-likeness (QED) is 0.806. The summed E-state index contributed by atoms with van der Waals surface area (Å²) in [7, 11) is 0. The number of thiazole rings is 1. The van der Waals surface area contributed by atoms with Crippen molar-refractivity contribution in [3.05, 3.63) is 28.7 Å². The first kappa shape index (κ1) is 15.5. The van der Waals surface area contributed by atoms with Crippen molar-refractivity contribution < 1.29 is 14.3 Å². The number of fused-ring (bicyclic) bond motifs is 1. The van der Waals surface area contributed by atoms with E-state index in [-0.39, 0.29) is 12.0 Å². The van der Waals surface area contributed by atoms with Crippen molar-refractivity contribution in [3.63, 3.8) is 0 Å². The van der Waals surface area contributed by atoms with E-state index in [1.54, 1.807) is 12.1 Å². The Labute approximate surface area is 142 Å². The fraction of sp³-hybridized carbons (Fsp3) is 0.438. The molecule has 6 nitrogen and oxygen atoms in total. The SMILES string of the molecule is O=C1NCCc2nc(-c3ccc(N4CCC(O)CC4)nc3F)sc21. The van der Waals surface area contributed by atoms with Gasteiger partial charge in [-0.05, 0) is 25.0 Å². The van der Waals surface area contributed by atoms with E-state index in [2.05, 4.69) is 15.3 Å². The van der Waals surface area contributed by atoms with E-state index < -0.39 is 5.95 Å². The Morgan fingerprint density at radius 1 is 1.29 bits per heavy atom. The smallest absolute Gasteiger partial charge is 0.263 e. The molecule has 8 heteroatoms. The number of aliphatic hydroxyl groups is 1. The van der Waals surface area contributed by atoms with Crippen LogP contribution in [0.5, 0.6) is 0 Å². The third kappa shape index (κ3) is 2.76. The molecule has 0 saturated carbocycles. The summed E-state index contributed by atoms with van der Waals surface area (Å²) in [6.45, 7) is 1.90. The predicted octanol–water partition coefficient (Wildman–Crippen LogP) is 1.59. The summed E-state index contributed by atoms with van der Waals surface area (Å²) in [6, 6.07) is 3.45. The van der Waals surface area contributed by atoms with Crippen LogP contribution >= 0.6 is 11.3 Å². The van der Waals surface area contributed by atoms with Crippen LogP contribution in [0.1, 0.15) is 28.2 Å². The van der Waals surface area contributed by atoms with Gasteiger partial charge >= 0.3 is 0 Å². The Hall–Kier alpha value is -2.06. The maximum absolute atomic E-state index is 14.5. The van der Waals surface area contributed by atoms with Gasteiger partial charge in [0, 0.05) is 26.1 Å². The van der Waals surface area contributed by atoms with Crippen molar-refractivity contribution in [3.8, 4) is 10.6 Å². The van der Waals surface area contributed by atoms with E-state index >= 15 is 0 Å². The van der Waals surface area contributed by atoms with Crippen LogP contribution in [0.3, 0.4) is 0 Å². The summed E-state index contributed by atoms with van der Waals surface area (Å²) in [6.07, 6.45) is 1.72. The average Bonchev–Trinajstić information content (AvgIpc) is 3.01. The summed E-state index contributed by atoms with van der Waals surface area (Å²) >= 11 is 1.20. The highest BCUT2D eigenvalue weighted by Crippen LogP contribution is 2.32. The fourth-order valence-corrected chi connectivity index (χ4v) is 4.09. The van der Waals surface area contributed by atoms with E-state index in [1.165, 1.54) is 11.3 Å².